The molecule has 0 spiro atoms. The highest BCUT2D eigenvalue weighted by atomic mass is 32.1. The van der Waals surface area contributed by atoms with E-state index in [-0.39, 0.29) is 6.10 Å². The molecule has 0 saturated heterocycles. The van der Waals surface area contributed by atoms with Gasteiger partial charge in [-0.1, -0.05) is 0 Å². The van der Waals surface area contributed by atoms with Crippen LogP contribution >= 0.6 is 11.5 Å². The molecular weight excluding hydrogens is 278 g/mol. The molecule has 1 aliphatic carbocycles. The molecule has 0 aliphatic heterocycles. The normalized spacial score (nSPS) is 21.3. The van der Waals surface area contributed by atoms with Gasteiger partial charge < -0.3 is 14.8 Å². The van der Waals surface area contributed by atoms with Gasteiger partial charge in [0.25, 0.3) is 5.97 Å². The molecule has 0 unspecified atom stereocenters. The minimum atomic E-state index is -0.833. The summed E-state index contributed by atoms with van der Waals surface area (Å²) >= 11 is 1.44. The third kappa shape index (κ3) is 3.64. The Labute approximate surface area is 120 Å². The van der Waals surface area contributed by atoms with Crippen molar-refractivity contribution >= 4 is 17.5 Å². The van der Waals surface area contributed by atoms with Crippen molar-refractivity contribution in [1.82, 2.24) is 13.9 Å². The van der Waals surface area contributed by atoms with E-state index in [0.717, 1.165) is 37.6 Å². The summed E-state index contributed by atoms with van der Waals surface area (Å²) in [5.41, 5.74) is 1.07. The second kappa shape index (κ2) is 6.62. The first kappa shape index (κ1) is 14.7. The second-order valence-electron chi connectivity index (χ2n) is 4.71. The maximum absolute atomic E-state index is 9.58. The number of carboxylic acids is 1. The molecule has 0 amide bonds. The summed E-state index contributed by atoms with van der Waals surface area (Å²) in [7, 11) is 0. The highest BCUT2D eigenvalue weighted by Gasteiger charge is 2.25. The number of aromatic nitrogens is 3. The van der Waals surface area contributed by atoms with Crippen molar-refractivity contribution in [2.24, 2.45) is 0 Å². The quantitative estimate of drug-likeness (QED) is 0.886. The van der Waals surface area contributed by atoms with E-state index in [2.05, 4.69) is 13.9 Å². The van der Waals surface area contributed by atoms with Gasteiger partial charge in [0.15, 0.2) is 0 Å². The molecule has 2 atom stereocenters. The van der Waals surface area contributed by atoms with Gasteiger partial charge in [-0.25, -0.2) is 9.36 Å². The predicted octanol–water partition coefficient (Wildman–Crippen LogP) is 2.18. The Morgan fingerprint density at radius 1 is 1.50 bits per heavy atom. The second-order valence-corrected chi connectivity index (χ2v) is 5.37. The largest absolute Gasteiger partial charge is 0.481 e. The number of aliphatic carboxylic acids is 1. The van der Waals surface area contributed by atoms with Crippen molar-refractivity contribution in [3.63, 3.8) is 0 Å². The van der Waals surface area contributed by atoms with Crippen molar-refractivity contribution in [2.45, 2.75) is 38.3 Å². The fourth-order valence-electron chi connectivity index (χ4n) is 2.33. The Kier molecular flexibility index (Phi) is 4.86. The summed E-state index contributed by atoms with van der Waals surface area (Å²) in [4.78, 5) is 13.4. The molecular formula is C13H17N3O3S. The predicted molar refractivity (Wildman–Crippen MR) is 75.5 cm³/mol. The molecule has 3 rings (SSSR count). The first-order chi connectivity index (χ1) is 9.58. The molecule has 7 heteroatoms. The fraction of sp³-hybridized carbons (Fsp3) is 0.462. The topological polar surface area (TPSA) is 88.2 Å². The van der Waals surface area contributed by atoms with Gasteiger partial charge in [0.1, 0.15) is 5.82 Å². The van der Waals surface area contributed by atoms with Crippen LogP contribution in [-0.4, -0.2) is 36.2 Å². The molecule has 1 aliphatic rings. The summed E-state index contributed by atoms with van der Waals surface area (Å²) in [5, 5.41) is 19.0. The van der Waals surface area contributed by atoms with Crippen LogP contribution in [0.5, 0.6) is 0 Å². The van der Waals surface area contributed by atoms with Crippen LogP contribution in [-0.2, 0) is 4.79 Å². The molecule has 0 bridgehead atoms. The van der Waals surface area contributed by atoms with E-state index in [9.17, 15) is 5.11 Å². The van der Waals surface area contributed by atoms with E-state index in [1.54, 1.807) is 0 Å². The maximum Gasteiger partial charge on any atom is 0.300 e. The van der Waals surface area contributed by atoms with Gasteiger partial charge in [0, 0.05) is 36.3 Å². The van der Waals surface area contributed by atoms with E-state index in [4.69, 9.17) is 9.90 Å². The van der Waals surface area contributed by atoms with Crippen LogP contribution in [0.1, 0.15) is 32.2 Å². The van der Waals surface area contributed by atoms with Gasteiger partial charge in [0.2, 0.25) is 0 Å². The number of rotatable bonds is 2. The van der Waals surface area contributed by atoms with E-state index in [1.165, 1.54) is 11.5 Å². The van der Waals surface area contributed by atoms with Crippen LogP contribution in [0.2, 0.25) is 0 Å². The Morgan fingerprint density at radius 2 is 2.25 bits per heavy atom. The lowest BCUT2D eigenvalue weighted by molar-refractivity contribution is -0.134. The number of hydrogen-bond donors (Lipinski definition) is 2. The summed E-state index contributed by atoms with van der Waals surface area (Å²) in [6, 6.07) is 0.382. The smallest absolute Gasteiger partial charge is 0.300 e. The van der Waals surface area contributed by atoms with Crippen LogP contribution in [0.15, 0.2) is 24.0 Å². The first-order valence-corrected chi connectivity index (χ1v) is 7.21. The van der Waals surface area contributed by atoms with Crippen molar-refractivity contribution in [1.29, 1.82) is 0 Å². The molecule has 6 nitrogen and oxygen atoms in total. The summed E-state index contributed by atoms with van der Waals surface area (Å²) < 4.78 is 6.27. The van der Waals surface area contributed by atoms with Crippen molar-refractivity contribution in [3.8, 4) is 11.4 Å². The molecule has 1 fully saturated rings. The van der Waals surface area contributed by atoms with Crippen molar-refractivity contribution < 1.29 is 15.0 Å². The molecule has 2 aromatic rings. The third-order valence-electron chi connectivity index (χ3n) is 3.13. The average molecular weight is 295 g/mol. The SMILES string of the molecule is CC(=O)O.O[C@H]1CC[C@@H](n2ccnc2-c2cnsc2)C1. The lowest BCUT2D eigenvalue weighted by atomic mass is 10.2. The van der Waals surface area contributed by atoms with E-state index in [0.29, 0.717) is 6.04 Å². The standard InChI is InChI=1S/C11H13N3OS.C2H4O2/c15-10-2-1-9(5-10)14-4-3-12-11(14)8-6-13-16-7-8;1-2(3)4/h3-4,6-7,9-10,15H,1-2,5H2;1H3,(H,3,4)/t9-,10+;/m1./s1. The molecule has 20 heavy (non-hydrogen) atoms. The van der Waals surface area contributed by atoms with Crippen LogP contribution in [0.3, 0.4) is 0 Å². The lowest BCUT2D eigenvalue weighted by Gasteiger charge is -2.14. The van der Waals surface area contributed by atoms with Crippen LogP contribution in [0, 0.1) is 0 Å². The molecule has 0 radical (unpaired) electrons. The monoisotopic (exact) mass is 295 g/mol. The maximum atomic E-state index is 9.58. The Hall–Kier alpha value is -1.73. The fourth-order valence-corrected chi connectivity index (χ4v) is 2.85. The molecule has 2 heterocycles. The van der Waals surface area contributed by atoms with Gasteiger partial charge in [-0.05, 0) is 30.8 Å². The Balaban J connectivity index is 0.000000328. The zero-order chi connectivity index (χ0) is 14.5. The summed E-state index contributed by atoms with van der Waals surface area (Å²) in [5.74, 6) is 0.132. The summed E-state index contributed by atoms with van der Waals surface area (Å²) in [6.07, 6.45) is 8.26. The van der Waals surface area contributed by atoms with Crippen molar-refractivity contribution in [3.05, 3.63) is 24.0 Å². The zero-order valence-corrected chi connectivity index (χ0v) is 12.0. The van der Waals surface area contributed by atoms with Gasteiger partial charge in [-0.2, -0.15) is 0 Å². The van der Waals surface area contributed by atoms with Gasteiger partial charge >= 0.3 is 0 Å². The van der Waals surface area contributed by atoms with Crippen molar-refractivity contribution in [2.75, 3.05) is 0 Å². The first-order valence-electron chi connectivity index (χ1n) is 6.38. The zero-order valence-electron chi connectivity index (χ0n) is 11.1. The average Bonchev–Trinajstić information content (AvgIpc) is 3.08. The van der Waals surface area contributed by atoms with Gasteiger partial charge in [-0.15, -0.1) is 0 Å². The highest BCUT2D eigenvalue weighted by molar-refractivity contribution is 7.03. The molecule has 2 N–H and O–H groups in total. The molecule has 1 saturated carbocycles. The lowest BCUT2D eigenvalue weighted by Crippen LogP contribution is -2.07. The number of carboxylic acid groups (broad SMARTS) is 1. The number of nitrogens with zero attached hydrogens (tertiary/aromatic N) is 3. The Bertz CT molecular complexity index is 549. The van der Waals surface area contributed by atoms with E-state index >= 15 is 0 Å². The Morgan fingerprint density at radius 3 is 2.80 bits per heavy atom. The highest BCUT2D eigenvalue weighted by Crippen LogP contribution is 2.33. The van der Waals surface area contributed by atoms with E-state index < -0.39 is 5.97 Å². The third-order valence-corrected chi connectivity index (χ3v) is 3.72. The number of carbonyl (C=O) groups is 1. The molecule has 2 aromatic heterocycles. The minimum absolute atomic E-state index is 0.152. The number of hydrogen-bond acceptors (Lipinski definition) is 5. The minimum Gasteiger partial charge on any atom is -0.481 e. The number of aliphatic hydroxyl groups is 1. The molecule has 108 valence electrons. The van der Waals surface area contributed by atoms with Gasteiger partial charge in [-0.3, -0.25) is 4.79 Å². The van der Waals surface area contributed by atoms with Crippen LogP contribution in [0.25, 0.3) is 11.4 Å². The number of imidazole rings is 1. The van der Waals surface area contributed by atoms with E-state index in [1.807, 2.05) is 24.0 Å². The molecule has 0 aromatic carbocycles. The van der Waals surface area contributed by atoms with Gasteiger partial charge in [0.05, 0.1) is 12.3 Å². The number of aliphatic hydroxyl groups excluding tert-OH is 1. The van der Waals surface area contributed by atoms with Crippen LogP contribution < -0.4 is 0 Å². The van der Waals surface area contributed by atoms with Crippen LogP contribution in [0.4, 0.5) is 0 Å². The summed E-state index contributed by atoms with van der Waals surface area (Å²) in [6.45, 7) is 1.08.